The molecule has 2 aromatic heterocycles. The van der Waals surface area contributed by atoms with Gasteiger partial charge in [0.05, 0.1) is 12.1 Å². The van der Waals surface area contributed by atoms with E-state index in [0.29, 0.717) is 6.42 Å². The smallest absolute Gasteiger partial charge is 0.226 e. The van der Waals surface area contributed by atoms with Crippen LogP contribution >= 0.6 is 11.3 Å². The van der Waals surface area contributed by atoms with E-state index in [1.165, 1.54) is 11.3 Å². The Labute approximate surface area is 104 Å². The number of likely N-dealkylation sites (N-methyl/N-ethyl adjacent to an activating group) is 1. The summed E-state index contributed by atoms with van der Waals surface area (Å²) in [6, 6.07) is 2.03. The van der Waals surface area contributed by atoms with Gasteiger partial charge in [-0.15, -0.1) is 11.3 Å². The highest BCUT2D eigenvalue weighted by atomic mass is 32.1. The van der Waals surface area contributed by atoms with Crippen LogP contribution in [0.25, 0.3) is 11.3 Å². The van der Waals surface area contributed by atoms with Crippen molar-refractivity contribution in [2.24, 2.45) is 0 Å². The van der Waals surface area contributed by atoms with Crippen molar-refractivity contribution < 1.29 is 4.79 Å². The van der Waals surface area contributed by atoms with Crippen molar-refractivity contribution in [1.29, 1.82) is 0 Å². The number of nitrogens with zero attached hydrogens (tertiary/aromatic N) is 2. The summed E-state index contributed by atoms with van der Waals surface area (Å²) in [6.07, 6.45) is 3.92. The Morgan fingerprint density at radius 2 is 2.29 bits per heavy atom. The van der Waals surface area contributed by atoms with Gasteiger partial charge in [0.15, 0.2) is 0 Å². The molecule has 0 aliphatic heterocycles. The van der Waals surface area contributed by atoms with Crippen molar-refractivity contribution in [3.8, 4) is 11.3 Å². The van der Waals surface area contributed by atoms with E-state index in [-0.39, 0.29) is 5.91 Å². The first-order valence-corrected chi connectivity index (χ1v) is 6.14. The second kappa shape index (κ2) is 5.05. The Bertz CT molecular complexity index is 536. The molecular formula is C12H13N3OS. The molecule has 0 aliphatic carbocycles. The van der Waals surface area contributed by atoms with Crippen LogP contribution in [0.3, 0.4) is 0 Å². The lowest BCUT2D eigenvalue weighted by Crippen LogP contribution is -2.19. The predicted octanol–water partition coefficient (Wildman–Crippen LogP) is 1.80. The highest BCUT2D eigenvalue weighted by molar-refractivity contribution is 7.10. The molecular weight excluding hydrogens is 234 g/mol. The van der Waals surface area contributed by atoms with Crippen molar-refractivity contribution in [3.63, 3.8) is 0 Å². The molecule has 4 nitrogen and oxygen atoms in total. The van der Waals surface area contributed by atoms with E-state index < -0.39 is 0 Å². The topological polar surface area (TPSA) is 54.9 Å². The Kier molecular flexibility index (Phi) is 3.49. The van der Waals surface area contributed by atoms with E-state index in [1.54, 1.807) is 19.4 Å². The molecule has 0 saturated heterocycles. The van der Waals surface area contributed by atoms with Gasteiger partial charge in [0.1, 0.15) is 5.01 Å². The molecule has 0 saturated carbocycles. The maximum Gasteiger partial charge on any atom is 0.226 e. The third-order valence-electron chi connectivity index (χ3n) is 2.31. The first-order valence-electron chi connectivity index (χ1n) is 5.26. The lowest BCUT2D eigenvalue weighted by atomic mass is 10.2. The third kappa shape index (κ3) is 2.88. The maximum atomic E-state index is 11.2. The van der Waals surface area contributed by atoms with E-state index in [2.05, 4.69) is 15.3 Å². The standard InChI is InChI=1S/C12H13N3OS/c1-8-3-9(6-14-5-8)10-7-17-12(15-10)4-11(16)13-2/h3,5-7H,4H2,1-2H3,(H,13,16). The molecule has 2 heterocycles. The lowest BCUT2D eigenvalue weighted by molar-refractivity contribution is -0.119. The monoisotopic (exact) mass is 247 g/mol. The number of thiazole rings is 1. The first-order chi connectivity index (χ1) is 8.19. The fourth-order valence-electron chi connectivity index (χ4n) is 1.45. The number of carbonyl (C=O) groups excluding carboxylic acids is 1. The summed E-state index contributed by atoms with van der Waals surface area (Å²) >= 11 is 1.49. The SMILES string of the molecule is CNC(=O)Cc1nc(-c2cncc(C)c2)cs1. The van der Waals surface area contributed by atoms with Gasteiger partial charge < -0.3 is 5.32 Å². The fourth-order valence-corrected chi connectivity index (χ4v) is 2.25. The molecule has 0 radical (unpaired) electrons. The van der Waals surface area contributed by atoms with Gasteiger partial charge in [-0.05, 0) is 18.6 Å². The maximum absolute atomic E-state index is 11.2. The second-order valence-electron chi connectivity index (χ2n) is 3.73. The number of carbonyl (C=O) groups is 1. The number of amides is 1. The molecule has 0 spiro atoms. The summed E-state index contributed by atoms with van der Waals surface area (Å²) in [4.78, 5) is 19.8. The Hall–Kier alpha value is -1.75. The van der Waals surface area contributed by atoms with Crippen molar-refractivity contribution >= 4 is 17.2 Å². The average Bonchev–Trinajstić information content (AvgIpc) is 2.77. The van der Waals surface area contributed by atoms with Crippen LogP contribution in [0.4, 0.5) is 0 Å². The molecule has 0 aromatic carbocycles. The normalized spacial score (nSPS) is 10.2. The predicted molar refractivity (Wildman–Crippen MR) is 67.9 cm³/mol. The minimum Gasteiger partial charge on any atom is -0.359 e. The zero-order chi connectivity index (χ0) is 12.3. The van der Waals surface area contributed by atoms with Gasteiger partial charge in [0, 0.05) is 30.4 Å². The van der Waals surface area contributed by atoms with Gasteiger partial charge in [0.25, 0.3) is 0 Å². The van der Waals surface area contributed by atoms with E-state index in [0.717, 1.165) is 21.8 Å². The van der Waals surface area contributed by atoms with Gasteiger partial charge in [-0.1, -0.05) is 0 Å². The highest BCUT2D eigenvalue weighted by Gasteiger charge is 2.08. The van der Waals surface area contributed by atoms with Crippen molar-refractivity contribution in [1.82, 2.24) is 15.3 Å². The van der Waals surface area contributed by atoms with Gasteiger partial charge >= 0.3 is 0 Å². The number of nitrogens with one attached hydrogen (secondary N) is 1. The second-order valence-corrected chi connectivity index (χ2v) is 4.67. The zero-order valence-corrected chi connectivity index (χ0v) is 10.5. The number of hydrogen-bond acceptors (Lipinski definition) is 4. The number of aromatic nitrogens is 2. The van der Waals surface area contributed by atoms with Gasteiger partial charge in [-0.25, -0.2) is 4.98 Å². The van der Waals surface area contributed by atoms with Gasteiger partial charge in [-0.2, -0.15) is 0 Å². The van der Waals surface area contributed by atoms with Crippen LogP contribution in [0, 0.1) is 6.92 Å². The molecule has 1 N–H and O–H groups in total. The van der Waals surface area contributed by atoms with Crippen LogP contribution in [0.15, 0.2) is 23.8 Å². The molecule has 0 atom stereocenters. The molecule has 17 heavy (non-hydrogen) atoms. The fraction of sp³-hybridized carbons (Fsp3) is 0.250. The van der Waals surface area contributed by atoms with Crippen LogP contribution in [0.1, 0.15) is 10.6 Å². The van der Waals surface area contributed by atoms with Crippen molar-refractivity contribution in [2.75, 3.05) is 7.05 Å². The van der Waals surface area contributed by atoms with Crippen LogP contribution in [-0.2, 0) is 11.2 Å². The highest BCUT2D eigenvalue weighted by Crippen LogP contribution is 2.22. The van der Waals surface area contributed by atoms with E-state index in [1.807, 2.05) is 18.4 Å². The Morgan fingerprint density at radius 1 is 1.47 bits per heavy atom. The summed E-state index contributed by atoms with van der Waals surface area (Å²) in [5.41, 5.74) is 2.97. The molecule has 0 bridgehead atoms. The molecule has 2 aromatic rings. The van der Waals surface area contributed by atoms with Crippen LogP contribution < -0.4 is 5.32 Å². The Morgan fingerprint density at radius 3 is 3.00 bits per heavy atom. The molecule has 0 unspecified atom stereocenters. The van der Waals surface area contributed by atoms with Crippen molar-refractivity contribution in [2.45, 2.75) is 13.3 Å². The summed E-state index contributed by atoms with van der Waals surface area (Å²) in [5, 5.41) is 5.36. The van der Waals surface area contributed by atoms with Crippen molar-refractivity contribution in [3.05, 3.63) is 34.4 Å². The third-order valence-corrected chi connectivity index (χ3v) is 3.16. The van der Waals surface area contributed by atoms with Crippen LogP contribution in [-0.4, -0.2) is 22.9 Å². The van der Waals surface area contributed by atoms with E-state index in [4.69, 9.17) is 0 Å². The number of rotatable bonds is 3. The summed E-state index contributed by atoms with van der Waals surface area (Å²) in [5.74, 6) is -0.0201. The molecule has 88 valence electrons. The average molecular weight is 247 g/mol. The largest absolute Gasteiger partial charge is 0.359 e. The quantitative estimate of drug-likeness (QED) is 0.899. The van der Waals surface area contributed by atoms with Gasteiger partial charge in [0.2, 0.25) is 5.91 Å². The lowest BCUT2D eigenvalue weighted by Gasteiger charge is -1.97. The number of pyridine rings is 1. The molecule has 2 rings (SSSR count). The number of hydrogen-bond donors (Lipinski definition) is 1. The van der Waals surface area contributed by atoms with E-state index >= 15 is 0 Å². The zero-order valence-electron chi connectivity index (χ0n) is 9.73. The molecule has 0 aliphatic rings. The Balaban J connectivity index is 2.21. The molecule has 1 amide bonds. The summed E-state index contributed by atoms with van der Waals surface area (Å²) < 4.78 is 0. The van der Waals surface area contributed by atoms with Crippen LogP contribution in [0.5, 0.6) is 0 Å². The van der Waals surface area contributed by atoms with Gasteiger partial charge in [-0.3, -0.25) is 9.78 Å². The van der Waals surface area contributed by atoms with E-state index in [9.17, 15) is 4.79 Å². The molecule has 5 heteroatoms. The first kappa shape index (κ1) is 11.7. The molecule has 0 fully saturated rings. The minimum atomic E-state index is -0.0201. The summed E-state index contributed by atoms with van der Waals surface area (Å²) in [6.45, 7) is 1.99. The van der Waals surface area contributed by atoms with Crippen LogP contribution in [0.2, 0.25) is 0 Å². The minimum absolute atomic E-state index is 0.0201. The summed E-state index contributed by atoms with van der Waals surface area (Å²) in [7, 11) is 1.63. The number of aryl methyl sites for hydroxylation is 1.